The number of pyridine rings is 1. The highest BCUT2D eigenvalue weighted by Crippen LogP contribution is 2.26. The molecule has 1 heterocycles. The lowest BCUT2D eigenvalue weighted by atomic mass is 10.1. The van der Waals surface area contributed by atoms with E-state index in [1.165, 1.54) is 0 Å². The van der Waals surface area contributed by atoms with Crippen molar-refractivity contribution < 1.29 is 4.74 Å². The molecule has 0 fully saturated rings. The molecule has 2 aromatic rings. The average molecular weight is 263 g/mol. The van der Waals surface area contributed by atoms with E-state index in [2.05, 4.69) is 4.98 Å². The zero-order chi connectivity index (χ0) is 13.0. The summed E-state index contributed by atoms with van der Waals surface area (Å²) in [6, 6.07) is 9.65. The van der Waals surface area contributed by atoms with Gasteiger partial charge in [-0.2, -0.15) is 0 Å². The number of para-hydroxylation sites is 1. The first-order valence-electron chi connectivity index (χ1n) is 5.77. The van der Waals surface area contributed by atoms with Crippen LogP contribution in [0.2, 0.25) is 5.02 Å². The van der Waals surface area contributed by atoms with Crippen LogP contribution in [-0.2, 0) is 6.42 Å². The highest BCUT2D eigenvalue weighted by molar-refractivity contribution is 6.30. The fourth-order valence-electron chi connectivity index (χ4n) is 1.69. The Morgan fingerprint density at radius 1 is 1.33 bits per heavy atom. The maximum absolute atomic E-state index is 5.87. The standard InChI is InChI=1S/C14H15ClN2O/c1-10(16)6-11-4-2-3-5-14(11)18-13-7-12(15)8-17-9-13/h2-5,7-10H,6,16H2,1H3. The summed E-state index contributed by atoms with van der Waals surface area (Å²) >= 11 is 5.87. The second kappa shape index (κ2) is 5.85. The minimum Gasteiger partial charge on any atom is -0.455 e. The molecule has 2 rings (SSSR count). The summed E-state index contributed by atoms with van der Waals surface area (Å²) in [7, 11) is 0. The summed E-state index contributed by atoms with van der Waals surface area (Å²) < 4.78 is 5.79. The van der Waals surface area contributed by atoms with Gasteiger partial charge in [0.25, 0.3) is 0 Å². The van der Waals surface area contributed by atoms with Gasteiger partial charge in [0.1, 0.15) is 11.5 Å². The van der Waals surface area contributed by atoms with Crippen molar-refractivity contribution in [3.8, 4) is 11.5 Å². The quantitative estimate of drug-likeness (QED) is 0.918. The van der Waals surface area contributed by atoms with Crippen LogP contribution in [0.4, 0.5) is 0 Å². The molecule has 1 atom stereocenters. The molecule has 18 heavy (non-hydrogen) atoms. The average Bonchev–Trinajstić information content (AvgIpc) is 2.31. The van der Waals surface area contributed by atoms with Crippen molar-refractivity contribution in [2.24, 2.45) is 5.73 Å². The fraction of sp³-hybridized carbons (Fsp3) is 0.214. The van der Waals surface area contributed by atoms with Crippen LogP contribution in [0.15, 0.2) is 42.7 Å². The van der Waals surface area contributed by atoms with E-state index in [0.717, 1.165) is 17.7 Å². The van der Waals surface area contributed by atoms with E-state index in [0.29, 0.717) is 10.8 Å². The predicted octanol–water partition coefficient (Wildman–Crippen LogP) is 3.42. The molecule has 3 nitrogen and oxygen atoms in total. The van der Waals surface area contributed by atoms with Crippen molar-refractivity contribution in [1.82, 2.24) is 4.98 Å². The molecule has 1 unspecified atom stereocenters. The molecule has 0 bridgehead atoms. The Labute approximate surface area is 112 Å². The first-order chi connectivity index (χ1) is 8.65. The number of ether oxygens (including phenoxy) is 1. The van der Waals surface area contributed by atoms with Gasteiger partial charge in [-0.15, -0.1) is 0 Å². The van der Waals surface area contributed by atoms with Gasteiger partial charge >= 0.3 is 0 Å². The van der Waals surface area contributed by atoms with Gasteiger partial charge in [0.05, 0.1) is 11.2 Å². The van der Waals surface area contributed by atoms with E-state index in [-0.39, 0.29) is 6.04 Å². The molecule has 94 valence electrons. The molecule has 0 amide bonds. The zero-order valence-corrected chi connectivity index (χ0v) is 10.9. The summed E-state index contributed by atoms with van der Waals surface area (Å²) in [5, 5.41) is 0.553. The molecule has 1 aromatic heterocycles. The summed E-state index contributed by atoms with van der Waals surface area (Å²) in [5.41, 5.74) is 6.90. The minimum atomic E-state index is 0.0900. The van der Waals surface area contributed by atoms with Crippen molar-refractivity contribution in [3.05, 3.63) is 53.3 Å². The fourth-order valence-corrected chi connectivity index (χ4v) is 1.86. The Morgan fingerprint density at radius 3 is 2.83 bits per heavy atom. The second-order valence-corrected chi connectivity index (χ2v) is 4.67. The van der Waals surface area contributed by atoms with E-state index in [4.69, 9.17) is 22.1 Å². The van der Waals surface area contributed by atoms with E-state index in [1.54, 1.807) is 18.5 Å². The van der Waals surface area contributed by atoms with Crippen molar-refractivity contribution >= 4 is 11.6 Å². The summed E-state index contributed by atoms with van der Waals surface area (Å²) in [6.45, 7) is 1.97. The number of halogens is 1. The number of hydrogen-bond donors (Lipinski definition) is 1. The van der Waals surface area contributed by atoms with Gasteiger partial charge in [-0.05, 0) is 25.0 Å². The molecule has 0 radical (unpaired) electrons. The van der Waals surface area contributed by atoms with Gasteiger partial charge in [0, 0.05) is 18.3 Å². The van der Waals surface area contributed by atoms with Crippen LogP contribution >= 0.6 is 11.6 Å². The monoisotopic (exact) mass is 262 g/mol. The van der Waals surface area contributed by atoms with Crippen LogP contribution in [0.1, 0.15) is 12.5 Å². The van der Waals surface area contributed by atoms with E-state index in [9.17, 15) is 0 Å². The summed E-state index contributed by atoms with van der Waals surface area (Å²) in [5.74, 6) is 1.42. The van der Waals surface area contributed by atoms with Crippen LogP contribution in [0.3, 0.4) is 0 Å². The third-order valence-corrected chi connectivity index (χ3v) is 2.63. The molecule has 2 N–H and O–H groups in total. The normalized spacial score (nSPS) is 12.2. The van der Waals surface area contributed by atoms with Gasteiger partial charge in [-0.3, -0.25) is 4.98 Å². The number of hydrogen-bond acceptors (Lipinski definition) is 3. The maximum atomic E-state index is 5.87. The van der Waals surface area contributed by atoms with Crippen LogP contribution in [0, 0.1) is 0 Å². The number of nitrogens with two attached hydrogens (primary N) is 1. The van der Waals surface area contributed by atoms with Crippen LogP contribution in [-0.4, -0.2) is 11.0 Å². The van der Waals surface area contributed by atoms with Gasteiger partial charge in [0.2, 0.25) is 0 Å². The van der Waals surface area contributed by atoms with E-state index in [1.807, 2.05) is 31.2 Å². The molecule has 0 spiro atoms. The number of benzene rings is 1. The highest BCUT2D eigenvalue weighted by Gasteiger charge is 2.07. The first kappa shape index (κ1) is 12.9. The number of aromatic nitrogens is 1. The molecular weight excluding hydrogens is 248 g/mol. The predicted molar refractivity (Wildman–Crippen MR) is 73.1 cm³/mol. The van der Waals surface area contributed by atoms with Gasteiger partial charge in [-0.1, -0.05) is 29.8 Å². The number of rotatable bonds is 4. The third-order valence-electron chi connectivity index (χ3n) is 2.42. The SMILES string of the molecule is CC(N)Cc1ccccc1Oc1cncc(Cl)c1. The molecule has 0 aliphatic rings. The Balaban J connectivity index is 2.23. The van der Waals surface area contributed by atoms with Crippen molar-refractivity contribution in [2.45, 2.75) is 19.4 Å². The lowest BCUT2D eigenvalue weighted by molar-refractivity contribution is 0.471. The first-order valence-corrected chi connectivity index (χ1v) is 6.15. The Hall–Kier alpha value is -1.58. The molecule has 4 heteroatoms. The summed E-state index contributed by atoms with van der Waals surface area (Å²) in [4.78, 5) is 3.99. The zero-order valence-electron chi connectivity index (χ0n) is 10.1. The van der Waals surface area contributed by atoms with E-state index >= 15 is 0 Å². The van der Waals surface area contributed by atoms with Crippen molar-refractivity contribution in [2.75, 3.05) is 0 Å². The lowest BCUT2D eigenvalue weighted by Gasteiger charge is -2.12. The third kappa shape index (κ3) is 3.45. The molecule has 0 saturated carbocycles. The topological polar surface area (TPSA) is 48.1 Å². The molecular formula is C14H15ClN2O. The van der Waals surface area contributed by atoms with Crippen molar-refractivity contribution in [1.29, 1.82) is 0 Å². The van der Waals surface area contributed by atoms with Crippen LogP contribution in [0.5, 0.6) is 11.5 Å². The lowest BCUT2D eigenvalue weighted by Crippen LogP contribution is -2.18. The minimum absolute atomic E-state index is 0.0900. The maximum Gasteiger partial charge on any atom is 0.147 e. The largest absolute Gasteiger partial charge is 0.455 e. The summed E-state index contributed by atoms with van der Waals surface area (Å²) in [6.07, 6.45) is 3.97. The molecule has 0 saturated heterocycles. The van der Waals surface area contributed by atoms with Crippen molar-refractivity contribution in [3.63, 3.8) is 0 Å². The van der Waals surface area contributed by atoms with Gasteiger partial charge in [-0.25, -0.2) is 0 Å². The Morgan fingerprint density at radius 2 is 2.11 bits per heavy atom. The Bertz CT molecular complexity index is 529. The smallest absolute Gasteiger partial charge is 0.147 e. The van der Waals surface area contributed by atoms with Gasteiger partial charge < -0.3 is 10.5 Å². The van der Waals surface area contributed by atoms with E-state index < -0.39 is 0 Å². The molecule has 0 aliphatic heterocycles. The number of nitrogens with zero attached hydrogens (tertiary/aromatic N) is 1. The molecule has 0 aliphatic carbocycles. The molecule has 1 aromatic carbocycles. The highest BCUT2D eigenvalue weighted by atomic mass is 35.5. The second-order valence-electron chi connectivity index (χ2n) is 4.23. The van der Waals surface area contributed by atoms with Gasteiger partial charge in [0.15, 0.2) is 0 Å². The van der Waals surface area contributed by atoms with Crippen LogP contribution < -0.4 is 10.5 Å². The van der Waals surface area contributed by atoms with Crippen LogP contribution in [0.25, 0.3) is 0 Å². The Kier molecular flexibility index (Phi) is 4.18.